The molecule has 2 saturated heterocycles. The van der Waals surface area contributed by atoms with E-state index in [1.807, 2.05) is 13.8 Å². The second-order valence-electron chi connectivity index (χ2n) is 5.32. The summed E-state index contributed by atoms with van der Waals surface area (Å²) in [5.74, 6) is 0.992. The molecule has 0 aromatic rings. The lowest BCUT2D eigenvalue weighted by Gasteiger charge is -2.33. The normalized spacial score (nSPS) is 26.7. The number of nitrogens with zero attached hydrogens (tertiary/aromatic N) is 2. The van der Waals surface area contributed by atoms with Crippen molar-refractivity contribution in [2.45, 2.75) is 33.1 Å². The van der Waals surface area contributed by atoms with E-state index in [4.69, 9.17) is 5.11 Å². The minimum absolute atomic E-state index is 0.220. The molecule has 2 rings (SSSR count). The predicted octanol–water partition coefficient (Wildman–Crippen LogP) is 1.76. The second kappa shape index (κ2) is 7.74. The van der Waals surface area contributed by atoms with Crippen LogP contribution in [0.1, 0.15) is 33.1 Å². The van der Waals surface area contributed by atoms with Crippen molar-refractivity contribution in [3.63, 3.8) is 0 Å². The zero-order valence-corrected chi connectivity index (χ0v) is 12.1. The first-order chi connectivity index (χ1) is 8.65. The average Bonchev–Trinajstić information content (AvgIpc) is 2.79. The summed E-state index contributed by atoms with van der Waals surface area (Å²) in [6, 6.07) is 0. The molecular formula is C14H28N2O2. The van der Waals surface area contributed by atoms with Gasteiger partial charge in [0.15, 0.2) is 0 Å². The third-order valence-corrected chi connectivity index (χ3v) is 4.09. The standard InChI is InChI=1S/C12H22N2O2.C2H6/c1-13-5-2-11(8-13)10-3-6-14(7-4-10)9-12(15)16;1-2/h10-11H,2-9H2,1H3,(H,15,16);1-2H3. The van der Waals surface area contributed by atoms with Crippen LogP contribution in [0.4, 0.5) is 0 Å². The largest absolute Gasteiger partial charge is 0.480 e. The molecule has 0 spiro atoms. The van der Waals surface area contributed by atoms with Crippen molar-refractivity contribution in [3.8, 4) is 0 Å². The first-order valence-corrected chi connectivity index (χ1v) is 7.28. The minimum Gasteiger partial charge on any atom is -0.480 e. The van der Waals surface area contributed by atoms with Crippen molar-refractivity contribution in [1.29, 1.82) is 0 Å². The van der Waals surface area contributed by atoms with Crippen LogP contribution in [0.2, 0.25) is 0 Å². The predicted molar refractivity (Wildman–Crippen MR) is 73.8 cm³/mol. The molecule has 4 heteroatoms. The highest BCUT2D eigenvalue weighted by molar-refractivity contribution is 5.69. The molecule has 2 aliphatic heterocycles. The fourth-order valence-corrected chi connectivity index (χ4v) is 3.13. The summed E-state index contributed by atoms with van der Waals surface area (Å²) in [5.41, 5.74) is 0. The third-order valence-electron chi connectivity index (χ3n) is 4.09. The first kappa shape index (κ1) is 15.4. The molecule has 0 aromatic carbocycles. The Morgan fingerprint density at radius 1 is 1.11 bits per heavy atom. The topological polar surface area (TPSA) is 43.8 Å². The molecule has 1 atom stereocenters. The molecule has 2 heterocycles. The van der Waals surface area contributed by atoms with Gasteiger partial charge in [0.2, 0.25) is 0 Å². The van der Waals surface area contributed by atoms with Crippen LogP contribution in [0.3, 0.4) is 0 Å². The van der Waals surface area contributed by atoms with E-state index >= 15 is 0 Å². The highest BCUT2D eigenvalue weighted by atomic mass is 16.4. The molecule has 18 heavy (non-hydrogen) atoms. The lowest BCUT2D eigenvalue weighted by Crippen LogP contribution is -2.39. The number of carboxylic acids is 1. The number of likely N-dealkylation sites (tertiary alicyclic amines) is 2. The van der Waals surface area contributed by atoms with Crippen molar-refractivity contribution in [2.75, 3.05) is 39.8 Å². The number of hydrogen-bond donors (Lipinski definition) is 1. The van der Waals surface area contributed by atoms with E-state index in [0.717, 1.165) is 24.9 Å². The summed E-state index contributed by atoms with van der Waals surface area (Å²) in [5, 5.41) is 8.73. The Labute approximate surface area is 111 Å². The van der Waals surface area contributed by atoms with Gasteiger partial charge in [-0.3, -0.25) is 9.69 Å². The Morgan fingerprint density at radius 3 is 2.11 bits per heavy atom. The van der Waals surface area contributed by atoms with Crippen LogP contribution in [0, 0.1) is 11.8 Å². The fourth-order valence-electron chi connectivity index (χ4n) is 3.13. The van der Waals surface area contributed by atoms with Crippen molar-refractivity contribution in [1.82, 2.24) is 9.80 Å². The van der Waals surface area contributed by atoms with Gasteiger partial charge in [0.25, 0.3) is 0 Å². The van der Waals surface area contributed by atoms with Crippen LogP contribution in [-0.2, 0) is 4.79 Å². The Balaban J connectivity index is 0.000000771. The minimum atomic E-state index is -0.695. The van der Waals surface area contributed by atoms with E-state index in [9.17, 15) is 4.79 Å². The van der Waals surface area contributed by atoms with Gasteiger partial charge in [-0.25, -0.2) is 0 Å². The maximum Gasteiger partial charge on any atom is 0.317 e. The summed E-state index contributed by atoms with van der Waals surface area (Å²) in [6.45, 7) is 8.63. The van der Waals surface area contributed by atoms with Crippen LogP contribution in [0.15, 0.2) is 0 Å². The Bertz CT molecular complexity index is 250. The molecule has 0 bridgehead atoms. The Hall–Kier alpha value is -0.610. The van der Waals surface area contributed by atoms with Gasteiger partial charge >= 0.3 is 5.97 Å². The number of carbonyl (C=O) groups is 1. The Morgan fingerprint density at radius 2 is 1.67 bits per heavy atom. The molecule has 0 saturated carbocycles. The van der Waals surface area contributed by atoms with E-state index in [0.29, 0.717) is 0 Å². The molecule has 2 aliphatic rings. The SMILES string of the molecule is CC.CN1CCC(C2CCN(CC(=O)O)CC2)C1. The highest BCUT2D eigenvalue weighted by Gasteiger charge is 2.30. The van der Waals surface area contributed by atoms with Crippen LogP contribution in [0.5, 0.6) is 0 Å². The zero-order valence-electron chi connectivity index (χ0n) is 12.1. The molecular weight excluding hydrogens is 228 g/mol. The molecule has 106 valence electrons. The van der Waals surface area contributed by atoms with Gasteiger partial charge in [0, 0.05) is 6.54 Å². The van der Waals surface area contributed by atoms with Crippen molar-refractivity contribution in [2.24, 2.45) is 11.8 Å². The second-order valence-corrected chi connectivity index (χ2v) is 5.32. The smallest absolute Gasteiger partial charge is 0.317 e. The van der Waals surface area contributed by atoms with Gasteiger partial charge in [-0.2, -0.15) is 0 Å². The lowest BCUT2D eigenvalue weighted by atomic mass is 9.84. The van der Waals surface area contributed by atoms with Gasteiger partial charge in [-0.15, -0.1) is 0 Å². The molecule has 2 fully saturated rings. The summed E-state index contributed by atoms with van der Waals surface area (Å²) >= 11 is 0. The fraction of sp³-hybridized carbons (Fsp3) is 0.929. The maximum atomic E-state index is 10.6. The van der Waals surface area contributed by atoms with Gasteiger partial charge in [-0.05, 0) is 57.8 Å². The van der Waals surface area contributed by atoms with Crippen LogP contribution in [0.25, 0.3) is 0 Å². The van der Waals surface area contributed by atoms with E-state index in [2.05, 4.69) is 16.8 Å². The lowest BCUT2D eigenvalue weighted by molar-refractivity contribution is -0.138. The number of hydrogen-bond acceptors (Lipinski definition) is 3. The molecule has 0 aliphatic carbocycles. The maximum absolute atomic E-state index is 10.6. The van der Waals surface area contributed by atoms with Crippen LogP contribution >= 0.6 is 0 Å². The van der Waals surface area contributed by atoms with E-state index in [1.54, 1.807) is 0 Å². The van der Waals surface area contributed by atoms with Crippen LogP contribution < -0.4 is 0 Å². The summed E-state index contributed by atoms with van der Waals surface area (Å²) in [4.78, 5) is 15.1. The van der Waals surface area contributed by atoms with Crippen LogP contribution in [-0.4, -0.2) is 60.6 Å². The summed E-state index contributed by atoms with van der Waals surface area (Å²) in [7, 11) is 2.19. The summed E-state index contributed by atoms with van der Waals surface area (Å²) in [6.07, 6.45) is 3.71. The summed E-state index contributed by atoms with van der Waals surface area (Å²) < 4.78 is 0. The van der Waals surface area contributed by atoms with Crippen molar-refractivity contribution < 1.29 is 9.90 Å². The number of piperidine rings is 1. The Kier molecular flexibility index (Phi) is 6.65. The van der Waals surface area contributed by atoms with Crippen molar-refractivity contribution >= 4 is 5.97 Å². The van der Waals surface area contributed by atoms with Gasteiger partial charge in [0.1, 0.15) is 0 Å². The van der Waals surface area contributed by atoms with Gasteiger partial charge in [-0.1, -0.05) is 13.8 Å². The molecule has 1 unspecified atom stereocenters. The molecule has 0 aromatic heterocycles. The average molecular weight is 256 g/mol. The zero-order chi connectivity index (χ0) is 13.5. The van der Waals surface area contributed by atoms with E-state index in [1.165, 1.54) is 32.4 Å². The molecule has 1 N–H and O–H groups in total. The highest BCUT2D eigenvalue weighted by Crippen LogP contribution is 2.31. The van der Waals surface area contributed by atoms with E-state index < -0.39 is 5.97 Å². The number of aliphatic carboxylic acids is 1. The van der Waals surface area contributed by atoms with Gasteiger partial charge in [0.05, 0.1) is 6.54 Å². The quantitative estimate of drug-likeness (QED) is 0.835. The number of rotatable bonds is 3. The van der Waals surface area contributed by atoms with Crippen molar-refractivity contribution in [3.05, 3.63) is 0 Å². The molecule has 4 nitrogen and oxygen atoms in total. The molecule has 0 amide bonds. The first-order valence-electron chi connectivity index (χ1n) is 7.28. The third kappa shape index (κ3) is 4.58. The van der Waals surface area contributed by atoms with E-state index in [-0.39, 0.29) is 6.54 Å². The van der Waals surface area contributed by atoms with Gasteiger partial charge < -0.3 is 10.0 Å². The molecule has 0 radical (unpaired) electrons. The number of carboxylic acid groups (broad SMARTS) is 1. The monoisotopic (exact) mass is 256 g/mol.